The van der Waals surface area contributed by atoms with E-state index in [1.54, 1.807) is 24.4 Å². The monoisotopic (exact) mass is 382 g/mol. The molecule has 0 saturated carbocycles. The van der Waals surface area contributed by atoms with Crippen molar-refractivity contribution in [3.8, 4) is 0 Å². The molecule has 3 nitrogen and oxygen atoms in total. The van der Waals surface area contributed by atoms with E-state index in [0.29, 0.717) is 20.8 Å². The first-order valence-electron chi connectivity index (χ1n) is 7.85. The Hall–Kier alpha value is -1.13. The molecule has 0 unspecified atom stereocenters. The Kier molecular flexibility index (Phi) is 5.77. The lowest BCUT2D eigenvalue weighted by Crippen LogP contribution is -2.36. The van der Waals surface area contributed by atoms with E-state index < -0.39 is 0 Å². The highest BCUT2D eigenvalue weighted by molar-refractivity contribution is 6.42. The van der Waals surface area contributed by atoms with Crippen molar-refractivity contribution >= 4 is 40.6 Å². The molecule has 0 amide bonds. The van der Waals surface area contributed by atoms with E-state index in [1.165, 1.54) is 0 Å². The van der Waals surface area contributed by atoms with Gasteiger partial charge in [-0.05, 0) is 50.2 Å². The predicted octanol–water partition coefficient (Wildman–Crippen LogP) is 5.14. The van der Waals surface area contributed by atoms with Crippen molar-refractivity contribution in [3.63, 3.8) is 0 Å². The zero-order valence-corrected chi connectivity index (χ0v) is 15.3. The molecule has 1 aliphatic rings. The molecule has 0 radical (unpaired) electrons. The molecule has 3 rings (SSSR count). The van der Waals surface area contributed by atoms with Gasteiger partial charge in [0.15, 0.2) is 5.78 Å². The normalized spacial score (nSPS) is 16.3. The van der Waals surface area contributed by atoms with Gasteiger partial charge in [0, 0.05) is 29.8 Å². The number of hydrogen-bond donors (Lipinski definition) is 0. The number of rotatable bonds is 4. The van der Waals surface area contributed by atoms with Crippen LogP contribution < -0.4 is 0 Å². The van der Waals surface area contributed by atoms with Crippen LogP contribution in [0.15, 0.2) is 36.5 Å². The number of pyridine rings is 1. The second-order valence-electron chi connectivity index (χ2n) is 6.00. The molecule has 1 aromatic heterocycles. The standard InChI is InChI=1S/C18H17Cl3N2O/c19-15-4-3-13(10-16(15)20)17(24)12-5-8-23(9-6-12)11-14-2-1-7-22-18(14)21/h1-4,7,10,12H,5-6,8-9,11H2. The third-order valence-electron chi connectivity index (χ3n) is 4.39. The molecule has 1 fully saturated rings. The number of carbonyl (C=O) groups is 1. The zero-order chi connectivity index (χ0) is 17.1. The molecule has 2 aromatic rings. The first-order valence-corrected chi connectivity index (χ1v) is 8.99. The van der Waals surface area contributed by atoms with Gasteiger partial charge in [0.25, 0.3) is 0 Å². The summed E-state index contributed by atoms with van der Waals surface area (Å²) in [6, 6.07) is 8.97. The van der Waals surface area contributed by atoms with Gasteiger partial charge < -0.3 is 0 Å². The summed E-state index contributed by atoms with van der Waals surface area (Å²) in [4.78, 5) is 19.0. The molecule has 1 aromatic carbocycles. The van der Waals surface area contributed by atoms with Crippen molar-refractivity contribution in [2.45, 2.75) is 19.4 Å². The number of halogens is 3. The number of carbonyl (C=O) groups excluding carboxylic acids is 1. The van der Waals surface area contributed by atoms with Gasteiger partial charge in [-0.3, -0.25) is 9.69 Å². The topological polar surface area (TPSA) is 33.2 Å². The summed E-state index contributed by atoms with van der Waals surface area (Å²) >= 11 is 18.0. The number of aromatic nitrogens is 1. The highest BCUT2D eigenvalue weighted by atomic mass is 35.5. The lowest BCUT2D eigenvalue weighted by molar-refractivity contribution is 0.0835. The van der Waals surface area contributed by atoms with Gasteiger partial charge in [-0.15, -0.1) is 0 Å². The summed E-state index contributed by atoms with van der Waals surface area (Å²) in [6.07, 6.45) is 3.35. The lowest BCUT2D eigenvalue weighted by atomic mass is 9.89. The first kappa shape index (κ1) is 17.7. The first-order chi connectivity index (χ1) is 11.5. The maximum absolute atomic E-state index is 12.6. The third-order valence-corrected chi connectivity index (χ3v) is 5.47. The Morgan fingerprint density at radius 1 is 1.12 bits per heavy atom. The van der Waals surface area contributed by atoms with E-state index in [1.807, 2.05) is 12.1 Å². The highest BCUT2D eigenvalue weighted by Gasteiger charge is 2.26. The molecule has 24 heavy (non-hydrogen) atoms. The van der Waals surface area contributed by atoms with Crippen molar-refractivity contribution in [2.75, 3.05) is 13.1 Å². The molecule has 0 N–H and O–H groups in total. The lowest BCUT2D eigenvalue weighted by Gasteiger charge is -2.31. The number of piperidine rings is 1. The number of hydrogen-bond acceptors (Lipinski definition) is 3. The Morgan fingerprint density at radius 2 is 1.88 bits per heavy atom. The summed E-state index contributed by atoms with van der Waals surface area (Å²) in [5.74, 6) is 0.176. The molecule has 0 aliphatic carbocycles. The van der Waals surface area contributed by atoms with Crippen LogP contribution >= 0.6 is 34.8 Å². The second-order valence-corrected chi connectivity index (χ2v) is 7.17. The van der Waals surface area contributed by atoms with E-state index in [4.69, 9.17) is 34.8 Å². The molecular weight excluding hydrogens is 367 g/mol. The van der Waals surface area contributed by atoms with Crippen LogP contribution in [0.25, 0.3) is 0 Å². The highest BCUT2D eigenvalue weighted by Crippen LogP contribution is 2.27. The molecule has 126 valence electrons. The SMILES string of the molecule is O=C(c1ccc(Cl)c(Cl)c1)C1CCN(Cc2cccnc2Cl)CC1. The Morgan fingerprint density at radius 3 is 2.54 bits per heavy atom. The van der Waals surface area contributed by atoms with Crippen LogP contribution in [0.5, 0.6) is 0 Å². The van der Waals surface area contributed by atoms with Crippen molar-refractivity contribution in [1.82, 2.24) is 9.88 Å². The van der Waals surface area contributed by atoms with Crippen molar-refractivity contribution in [1.29, 1.82) is 0 Å². The Labute approximate surface area is 156 Å². The van der Waals surface area contributed by atoms with Crippen LogP contribution in [0.1, 0.15) is 28.8 Å². The van der Waals surface area contributed by atoms with Gasteiger partial charge in [-0.2, -0.15) is 0 Å². The van der Waals surface area contributed by atoms with E-state index in [9.17, 15) is 4.79 Å². The fourth-order valence-corrected chi connectivity index (χ4v) is 3.49. The van der Waals surface area contributed by atoms with Crippen molar-refractivity contribution < 1.29 is 4.79 Å². The molecule has 0 spiro atoms. The van der Waals surface area contributed by atoms with Crippen LogP contribution in [0, 0.1) is 5.92 Å². The Bertz CT molecular complexity index is 743. The largest absolute Gasteiger partial charge is 0.299 e. The van der Waals surface area contributed by atoms with Gasteiger partial charge in [-0.25, -0.2) is 4.98 Å². The predicted molar refractivity (Wildman–Crippen MR) is 98.0 cm³/mol. The fourth-order valence-electron chi connectivity index (χ4n) is 3.02. The number of likely N-dealkylation sites (tertiary alicyclic amines) is 1. The number of nitrogens with zero attached hydrogens (tertiary/aromatic N) is 2. The van der Waals surface area contributed by atoms with E-state index in [2.05, 4.69) is 9.88 Å². The molecule has 2 heterocycles. The third kappa shape index (κ3) is 4.09. The van der Waals surface area contributed by atoms with Gasteiger partial charge in [-0.1, -0.05) is 40.9 Å². The van der Waals surface area contributed by atoms with Gasteiger partial charge in [0.2, 0.25) is 0 Å². The van der Waals surface area contributed by atoms with Gasteiger partial charge in [0.05, 0.1) is 10.0 Å². The van der Waals surface area contributed by atoms with E-state index in [0.717, 1.165) is 38.0 Å². The van der Waals surface area contributed by atoms with Gasteiger partial charge >= 0.3 is 0 Å². The fraction of sp³-hybridized carbons (Fsp3) is 0.333. The average Bonchev–Trinajstić information content (AvgIpc) is 2.59. The minimum Gasteiger partial charge on any atom is -0.299 e. The van der Waals surface area contributed by atoms with Crippen LogP contribution in [0.4, 0.5) is 0 Å². The summed E-state index contributed by atoms with van der Waals surface area (Å²) in [5, 5.41) is 1.44. The summed E-state index contributed by atoms with van der Waals surface area (Å²) in [5.41, 5.74) is 1.66. The number of Topliss-reactive ketones (excluding diaryl/α,β-unsaturated/α-hetero) is 1. The summed E-state index contributed by atoms with van der Waals surface area (Å²) in [7, 11) is 0. The van der Waals surface area contributed by atoms with Crippen molar-refractivity contribution in [3.05, 3.63) is 62.9 Å². The average molecular weight is 384 g/mol. The van der Waals surface area contributed by atoms with Crippen LogP contribution in [-0.2, 0) is 6.54 Å². The molecule has 6 heteroatoms. The molecule has 0 atom stereocenters. The van der Waals surface area contributed by atoms with E-state index in [-0.39, 0.29) is 11.7 Å². The molecule has 1 aliphatic heterocycles. The van der Waals surface area contributed by atoms with Crippen molar-refractivity contribution in [2.24, 2.45) is 5.92 Å². The molecule has 0 bridgehead atoms. The molecular formula is C18H17Cl3N2O. The number of ketones is 1. The second kappa shape index (κ2) is 7.83. The van der Waals surface area contributed by atoms with Crippen LogP contribution in [-0.4, -0.2) is 28.8 Å². The van der Waals surface area contributed by atoms with E-state index >= 15 is 0 Å². The number of benzene rings is 1. The quantitative estimate of drug-likeness (QED) is 0.541. The smallest absolute Gasteiger partial charge is 0.166 e. The Balaban J connectivity index is 1.59. The minimum atomic E-state index is 0.0304. The van der Waals surface area contributed by atoms with Crippen LogP contribution in [0.2, 0.25) is 15.2 Å². The molecule has 1 saturated heterocycles. The minimum absolute atomic E-state index is 0.0304. The van der Waals surface area contributed by atoms with Crippen LogP contribution in [0.3, 0.4) is 0 Å². The summed E-state index contributed by atoms with van der Waals surface area (Å²) in [6.45, 7) is 2.49. The maximum atomic E-state index is 12.6. The summed E-state index contributed by atoms with van der Waals surface area (Å²) < 4.78 is 0. The zero-order valence-electron chi connectivity index (χ0n) is 13.0. The maximum Gasteiger partial charge on any atom is 0.166 e. The van der Waals surface area contributed by atoms with Gasteiger partial charge in [0.1, 0.15) is 5.15 Å².